The topological polar surface area (TPSA) is 49.3 Å². The van der Waals surface area contributed by atoms with Gasteiger partial charge in [-0.15, -0.1) is 0 Å². The van der Waals surface area contributed by atoms with E-state index >= 15 is 0 Å². The SMILES string of the molecule is CCC1CCCC(Nc2c(C)cccc2C(=O)O)C1. The van der Waals surface area contributed by atoms with Gasteiger partial charge in [0, 0.05) is 6.04 Å². The van der Waals surface area contributed by atoms with E-state index in [9.17, 15) is 9.90 Å². The molecule has 0 aliphatic heterocycles. The Kier molecular flexibility index (Phi) is 4.46. The molecule has 0 saturated heterocycles. The Balaban J connectivity index is 2.16. The van der Waals surface area contributed by atoms with Crippen molar-refractivity contribution in [1.82, 2.24) is 0 Å². The third kappa shape index (κ3) is 3.28. The van der Waals surface area contributed by atoms with Crippen LogP contribution in [0.25, 0.3) is 0 Å². The van der Waals surface area contributed by atoms with Gasteiger partial charge in [-0.2, -0.15) is 0 Å². The highest BCUT2D eigenvalue weighted by atomic mass is 16.4. The maximum atomic E-state index is 11.3. The summed E-state index contributed by atoms with van der Waals surface area (Å²) in [5.74, 6) is -0.0717. The van der Waals surface area contributed by atoms with Crippen LogP contribution in [0.1, 0.15) is 54.9 Å². The molecular formula is C16H23NO2. The molecule has 1 aromatic carbocycles. The summed E-state index contributed by atoms with van der Waals surface area (Å²) in [7, 11) is 0. The molecule has 2 unspecified atom stereocenters. The zero-order chi connectivity index (χ0) is 13.8. The first-order valence-electron chi connectivity index (χ1n) is 7.21. The van der Waals surface area contributed by atoms with Gasteiger partial charge in [0.15, 0.2) is 0 Å². The third-order valence-corrected chi connectivity index (χ3v) is 4.21. The molecular weight excluding hydrogens is 238 g/mol. The molecule has 0 aromatic heterocycles. The number of hydrogen-bond donors (Lipinski definition) is 2. The minimum Gasteiger partial charge on any atom is -0.478 e. The molecule has 2 atom stereocenters. The number of aryl methyl sites for hydroxylation is 1. The quantitative estimate of drug-likeness (QED) is 0.858. The standard InChI is InChI=1S/C16H23NO2/c1-3-12-7-5-8-13(10-12)17-15-11(2)6-4-9-14(15)16(18)19/h4,6,9,12-13,17H,3,5,7-8,10H2,1-2H3,(H,18,19). The molecule has 0 radical (unpaired) electrons. The van der Waals surface area contributed by atoms with Crippen molar-refractivity contribution >= 4 is 11.7 Å². The fourth-order valence-electron chi connectivity index (χ4n) is 3.03. The highest BCUT2D eigenvalue weighted by Crippen LogP contribution is 2.30. The average Bonchev–Trinajstić information content (AvgIpc) is 2.41. The molecule has 1 fully saturated rings. The maximum absolute atomic E-state index is 11.3. The van der Waals surface area contributed by atoms with E-state index in [1.54, 1.807) is 12.1 Å². The minimum absolute atomic E-state index is 0.388. The van der Waals surface area contributed by atoms with Crippen LogP contribution in [-0.2, 0) is 0 Å². The van der Waals surface area contributed by atoms with Crippen molar-refractivity contribution in [2.24, 2.45) is 5.92 Å². The van der Waals surface area contributed by atoms with Gasteiger partial charge >= 0.3 is 5.97 Å². The van der Waals surface area contributed by atoms with Gasteiger partial charge in [0.1, 0.15) is 0 Å². The molecule has 3 nitrogen and oxygen atoms in total. The van der Waals surface area contributed by atoms with Gasteiger partial charge in [0.05, 0.1) is 11.3 Å². The maximum Gasteiger partial charge on any atom is 0.337 e. The van der Waals surface area contributed by atoms with E-state index < -0.39 is 5.97 Å². The first kappa shape index (κ1) is 13.9. The highest BCUT2D eigenvalue weighted by molar-refractivity contribution is 5.95. The van der Waals surface area contributed by atoms with Crippen molar-refractivity contribution < 1.29 is 9.90 Å². The normalized spacial score (nSPS) is 23.1. The molecule has 1 aliphatic rings. The van der Waals surface area contributed by atoms with E-state index in [1.165, 1.54) is 19.3 Å². The van der Waals surface area contributed by atoms with Crippen LogP contribution in [0.5, 0.6) is 0 Å². The molecule has 3 heteroatoms. The molecule has 2 N–H and O–H groups in total. The molecule has 1 saturated carbocycles. The predicted octanol–water partition coefficient (Wildman–Crippen LogP) is 4.07. The van der Waals surface area contributed by atoms with Gasteiger partial charge in [-0.1, -0.05) is 38.3 Å². The summed E-state index contributed by atoms with van der Waals surface area (Å²) in [6.45, 7) is 4.21. The van der Waals surface area contributed by atoms with E-state index in [2.05, 4.69) is 12.2 Å². The molecule has 0 amide bonds. The van der Waals surface area contributed by atoms with Crippen LogP contribution in [0.3, 0.4) is 0 Å². The lowest BCUT2D eigenvalue weighted by Crippen LogP contribution is -2.28. The summed E-state index contributed by atoms with van der Waals surface area (Å²) >= 11 is 0. The predicted molar refractivity (Wildman–Crippen MR) is 77.8 cm³/mol. The first-order chi connectivity index (χ1) is 9.11. The van der Waals surface area contributed by atoms with Gasteiger partial charge in [-0.25, -0.2) is 4.79 Å². The Bertz CT molecular complexity index is 456. The third-order valence-electron chi connectivity index (χ3n) is 4.21. The van der Waals surface area contributed by atoms with Crippen LogP contribution in [0, 0.1) is 12.8 Å². The molecule has 1 aliphatic carbocycles. The number of rotatable bonds is 4. The molecule has 1 aromatic rings. The van der Waals surface area contributed by atoms with Crippen molar-refractivity contribution in [3.8, 4) is 0 Å². The lowest BCUT2D eigenvalue weighted by molar-refractivity contribution is 0.0697. The summed E-state index contributed by atoms with van der Waals surface area (Å²) in [4.78, 5) is 11.3. The smallest absolute Gasteiger partial charge is 0.337 e. The lowest BCUT2D eigenvalue weighted by Gasteiger charge is -2.30. The second-order valence-corrected chi connectivity index (χ2v) is 5.58. The van der Waals surface area contributed by atoms with Crippen molar-refractivity contribution in [3.05, 3.63) is 29.3 Å². The van der Waals surface area contributed by atoms with Crippen LogP contribution in [0.2, 0.25) is 0 Å². The van der Waals surface area contributed by atoms with Crippen LogP contribution in [0.15, 0.2) is 18.2 Å². The largest absolute Gasteiger partial charge is 0.478 e. The number of anilines is 1. The Labute approximate surface area is 115 Å². The average molecular weight is 261 g/mol. The fourth-order valence-corrected chi connectivity index (χ4v) is 3.03. The summed E-state index contributed by atoms with van der Waals surface area (Å²) < 4.78 is 0. The van der Waals surface area contributed by atoms with Gasteiger partial charge in [0.2, 0.25) is 0 Å². The van der Waals surface area contributed by atoms with Crippen molar-refractivity contribution in [2.75, 3.05) is 5.32 Å². The minimum atomic E-state index is -0.853. The molecule has 19 heavy (non-hydrogen) atoms. The monoisotopic (exact) mass is 261 g/mol. The van der Waals surface area contributed by atoms with Gasteiger partial charge in [0.25, 0.3) is 0 Å². The van der Waals surface area contributed by atoms with E-state index in [0.717, 1.165) is 30.0 Å². The fraction of sp³-hybridized carbons (Fsp3) is 0.562. The molecule has 104 valence electrons. The van der Waals surface area contributed by atoms with Gasteiger partial charge in [-0.3, -0.25) is 0 Å². The molecule has 0 heterocycles. The van der Waals surface area contributed by atoms with Crippen molar-refractivity contribution in [1.29, 1.82) is 0 Å². The second kappa shape index (κ2) is 6.09. The Morgan fingerprint density at radius 3 is 2.89 bits per heavy atom. The second-order valence-electron chi connectivity index (χ2n) is 5.58. The summed E-state index contributed by atoms with van der Waals surface area (Å²) in [5, 5.41) is 12.8. The Hall–Kier alpha value is -1.51. The van der Waals surface area contributed by atoms with E-state index in [1.807, 2.05) is 13.0 Å². The number of nitrogens with one attached hydrogen (secondary N) is 1. The molecule has 0 spiro atoms. The number of hydrogen-bond acceptors (Lipinski definition) is 2. The number of carbonyl (C=O) groups is 1. The number of aromatic carboxylic acids is 1. The highest BCUT2D eigenvalue weighted by Gasteiger charge is 2.22. The zero-order valence-corrected chi connectivity index (χ0v) is 11.8. The number of carboxylic acid groups (broad SMARTS) is 1. The van der Waals surface area contributed by atoms with Crippen molar-refractivity contribution in [2.45, 2.75) is 52.0 Å². The first-order valence-corrected chi connectivity index (χ1v) is 7.21. The van der Waals surface area contributed by atoms with Crippen LogP contribution < -0.4 is 5.32 Å². The van der Waals surface area contributed by atoms with Crippen LogP contribution in [-0.4, -0.2) is 17.1 Å². The van der Waals surface area contributed by atoms with E-state index in [0.29, 0.717) is 11.6 Å². The summed E-state index contributed by atoms with van der Waals surface area (Å²) in [5.41, 5.74) is 2.20. The lowest BCUT2D eigenvalue weighted by atomic mass is 9.84. The Morgan fingerprint density at radius 1 is 1.42 bits per heavy atom. The summed E-state index contributed by atoms with van der Waals surface area (Å²) in [6, 6.07) is 5.87. The van der Waals surface area contributed by atoms with E-state index in [4.69, 9.17) is 0 Å². The zero-order valence-electron chi connectivity index (χ0n) is 11.8. The van der Waals surface area contributed by atoms with Gasteiger partial charge < -0.3 is 10.4 Å². The Morgan fingerprint density at radius 2 is 2.21 bits per heavy atom. The van der Waals surface area contributed by atoms with Crippen LogP contribution in [0.4, 0.5) is 5.69 Å². The molecule has 2 rings (SSSR count). The molecule has 0 bridgehead atoms. The van der Waals surface area contributed by atoms with E-state index in [-0.39, 0.29) is 0 Å². The summed E-state index contributed by atoms with van der Waals surface area (Å²) in [6.07, 6.45) is 6.07. The number of benzene rings is 1. The number of para-hydroxylation sites is 1. The van der Waals surface area contributed by atoms with Crippen LogP contribution >= 0.6 is 0 Å². The number of carboxylic acids is 1. The van der Waals surface area contributed by atoms with Crippen molar-refractivity contribution in [3.63, 3.8) is 0 Å². The van der Waals surface area contributed by atoms with Gasteiger partial charge in [-0.05, 0) is 37.3 Å².